The van der Waals surface area contributed by atoms with Gasteiger partial charge in [-0.05, 0) is 43.4 Å². The third-order valence-corrected chi connectivity index (χ3v) is 3.31. The Labute approximate surface area is 57.6 Å². The smallest absolute Gasteiger partial charge is 0.0292 e. The molecule has 0 aromatic carbocycles. The van der Waals surface area contributed by atoms with Crippen LogP contribution in [0.2, 0.25) is 0 Å². The molecule has 2 bridgehead atoms. The van der Waals surface area contributed by atoms with Crippen molar-refractivity contribution in [3.63, 3.8) is 0 Å². The van der Waals surface area contributed by atoms with E-state index in [1.807, 2.05) is 0 Å². The van der Waals surface area contributed by atoms with Gasteiger partial charge in [0.25, 0.3) is 0 Å². The molecule has 3 aliphatic rings. The van der Waals surface area contributed by atoms with Gasteiger partial charge in [0.2, 0.25) is 0 Å². The van der Waals surface area contributed by atoms with Gasteiger partial charge in [0.15, 0.2) is 0 Å². The molecule has 0 N–H and O–H groups in total. The normalized spacial score (nSPS) is 47.0. The molecule has 52 valence electrons. The molecule has 0 amide bonds. The van der Waals surface area contributed by atoms with Gasteiger partial charge in [-0.15, -0.1) is 0 Å². The number of fused-ring (bicyclic) bond motifs is 1. The van der Waals surface area contributed by atoms with Crippen molar-refractivity contribution in [2.45, 2.75) is 45.4 Å². The molecule has 3 rings (SSSR count). The van der Waals surface area contributed by atoms with Crippen LogP contribution in [0.25, 0.3) is 0 Å². The molecule has 0 spiro atoms. The molecule has 0 heteroatoms. The lowest BCUT2D eigenvalue weighted by Crippen LogP contribution is -2.27. The summed E-state index contributed by atoms with van der Waals surface area (Å²) in [7, 11) is 0. The van der Waals surface area contributed by atoms with Gasteiger partial charge < -0.3 is 0 Å². The summed E-state index contributed by atoms with van der Waals surface area (Å²) < 4.78 is 0. The van der Waals surface area contributed by atoms with E-state index in [9.17, 15) is 0 Å². The summed E-state index contributed by atoms with van der Waals surface area (Å²) in [6, 6.07) is 0. The van der Waals surface area contributed by atoms with E-state index in [-0.39, 0.29) is 0 Å². The van der Waals surface area contributed by atoms with E-state index in [2.05, 4.69) is 6.92 Å². The fourth-order valence-electron chi connectivity index (χ4n) is 2.94. The number of hydrogen-bond acceptors (Lipinski definition) is 0. The fourth-order valence-corrected chi connectivity index (χ4v) is 2.94. The maximum atomic E-state index is 2.32. The van der Waals surface area contributed by atoms with Crippen molar-refractivity contribution in [2.24, 2.45) is 11.3 Å². The molecule has 0 saturated heterocycles. The lowest BCUT2D eigenvalue weighted by molar-refractivity contribution is 0.130. The summed E-state index contributed by atoms with van der Waals surface area (Å²) in [5.74, 6) is 1.16. The van der Waals surface area contributed by atoms with Crippen LogP contribution in [0.15, 0.2) is 0 Å². The van der Waals surface area contributed by atoms with Crippen LogP contribution in [0.5, 0.6) is 0 Å². The van der Waals surface area contributed by atoms with E-state index in [4.69, 9.17) is 0 Å². The molecule has 0 aliphatic heterocycles. The average molecular weight is 124 g/mol. The minimum atomic E-state index is 0.888. The predicted octanol–water partition coefficient (Wildman–Crippen LogP) is 2.98. The molecular formula is C9H16. The van der Waals surface area contributed by atoms with Crippen LogP contribution in [0, 0.1) is 11.3 Å². The van der Waals surface area contributed by atoms with Crippen molar-refractivity contribution >= 4 is 0 Å². The highest BCUT2D eigenvalue weighted by Gasteiger charge is 2.48. The van der Waals surface area contributed by atoms with E-state index in [1.54, 1.807) is 25.7 Å². The van der Waals surface area contributed by atoms with Crippen LogP contribution in [0.3, 0.4) is 0 Å². The minimum absolute atomic E-state index is 0.888. The van der Waals surface area contributed by atoms with Crippen LogP contribution in [0.4, 0.5) is 0 Å². The van der Waals surface area contributed by atoms with Crippen molar-refractivity contribution < 1.29 is 0 Å². The first-order valence-electron chi connectivity index (χ1n) is 4.35. The van der Waals surface area contributed by atoms with Crippen molar-refractivity contribution in [3.05, 3.63) is 0 Å². The van der Waals surface area contributed by atoms with Crippen LogP contribution in [0.1, 0.15) is 45.4 Å². The summed E-state index contributed by atoms with van der Waals surface area (Å²) in [4.78, 5) is 0. The lowest BCUT2D eigenvalue weighted by atomic mass is 9.67. The van der Waals surface area contributed by atoms with Gasteiger partial charge >= 0.3 is 0 Å². The summed E-state index contributed by atoms with van der Waals surface area (Å²) in [6.07, 6.45) is 9.21. The highest BCUT2D eigenvalue weighted by Crippen LogP contribution is 2.60. The van der Waals surface area contributed by atoms with Crippen molar-refractivity contribution in [1.29, 1.82) is 0 Å². The molecule has 0 atom stereocenters. The van der Waals surface area contributed by atoms with Crippen molar-refractivity contribution in [2.75, 3.05) is 0 Å². The zero-order chi connectivity index (χ0) is 6.32. The second kappa shape index (κ2) is 1.74. The molecule has 3 aliphatic carbocycles. The van der Waals surface area contributed by atoms with Gasteiger partial charge in [-0.25, -0.2) is 0 Å². The Kier molecular flexibility index (Phi) is 1.12. The lowest BCUT2D eigenvalue weighted by Gasteiger charge is -2.38. The van der Waals surface area contributed by atoms with Crippen molar-refractivity contribution in [3.8, 4) is 0 Å². The Morgan fingerprint density at radius 3 is 2.67 bits per heavy atom. The predicted molar refractivity (Wildman–Crippen MR) is 39.3 cm³/mol. The van der Waals surface area contributed by atoms with Gasteiger partial charge in [-0.2, -0.15) is 0 Å². The maximum absolute atomic E-state index is 2.32. The molecule has 0 radical (unpaired) electrons. The van der Waals surface area contributed by atoms with E-state index in [0.717, 1.165) is 11.3 Å². The molecule has 0 unspecified atom stereocenters. The standard InChI is InChI=1S/C9H16/c1-2-4-9-5-3-8(6-9)7-9/h8H,2-7H2,1H3. The van der Waals surface area contributed by atoms with Gasteiger partial charge in [0.05, 0.1) is 0 Å². The Morgan fingerprint density at radius 1 is 1.44 bits per heavy atom. The number of hydrogen-bond donors (Lipinski definition) is 0. The van der Waals surface area contributed by atoms with Gasteiger partial charge in [0, 0.05) is 0 Å². The highest BCUT2D eigenvalue weighted by molar-refractivity contribution is 5.00. The third-order valence-electron chi connectivity index (χ3n) is 3.31. The summed E-state index contributed by atoms with van der Waals surface area (Å²) >= 11 is 0. The number of rotatable bonds is 2. The van der Waals surface area contributed by atoms with Gasteiger partial charge in [0.1, 0.15) is 0 Å². The summed E-state index contributed by atoms with van der Waals surface area (Å²) in [5.41, 5.74) is 0.888. The Balaban J connectivity index is 1.95. The zero-order valence-electron chi connectivity index (χ0n) is 6.32. The Hall–Kier alpha value is 0. The topological polar surface area (TPSA) is 0 Å². The molecule has 3 fully saturated rings. The Morgan fingerprint density at radius 2 is 2.22 bits per heavy atom. The van der Waals surface area contributed by atoms with E-state index in [0.29, 0.717) is 0 Å². The molecule has 9 heavy (non-hydrogen) atoms. The first-order chi connectivity index (χ1) is 4.35. The fraction of sp³-hybridized carbons (Fsp3) is 1.00. The van der Waals surface area contributed by atoms with E-state index >= 15 is 0 Å². The molecular weight excluding hydrogens is 108 g/mol. The van der Waals surface area contributed by atoms with Gasteiger partial charge in [-0.1, -0.05) is 13.3 Å². The molecule has 0 aromatic heterocycles. The second-order valence-electron chi connectivity index (χ2n) is 4.06. The summed E-state index contributed by atoms with van der Waals surface area (Å²) in [5, 5.41) is 0. The first-order valence-corrected chi connectivity index (χ1v) is 4.35. The largest absolute Gasteiger partial charge is 0.0654 e. The third kappa shape index (κ3) is 0.720. The maximum Gasteiger partial charge on any atom is -0.0292 e. The monoisotopic (exact) mass is 124 g/mol. The second-order valence-corrected chi connectivity index (χ2v) is 4.06. The first kappa shape index (κ1) is 5.76. The highest BCUT2D eigenvalue weighted by atomic mass is 14.5. The molecule has 3 saturated carbocycles. The summed E-state index contributed by atoms with van der Waals surface area (Å²) in [6.45, 7) is 2.32. The SMILES string of the molecule is CCCC12CCC(C1)C2. The minimum Gasteiger partial charge on any atom is -0.0654 e. The van der Waals surface area contributed by atoms with E-state index < -0.39 is 0 Å². The zero-order valence-corrected chi connectivity index (χ0v) is 6.32. The Bertz CT molecular complexity index is 104. The molecule has 0 nitrogen and oxygen atoms in total. The van der Waals surface area contributed by atoms with E-state index in [1.165, 1.54) is 12.8 Å². The molecule has 0 heterocycles. The molecule has 0 aromatic rings. The van der Waals surface area contributed by atoms with Crippen LogP contribution >= 0.6 is 0 Å². The van der Waals surface area contributed by atoms with Crippen LogP contribution < -0.4 is 0 Å². The van der Waals surface area contributed by atoms with Gasteiger partial charge in [-0.3, -0.25) is 0 Å². The van der Waals surface area contributed by atoms with Crippen molar-refractivity contribution in [1.82, 2.24) is 0 Å². The average Bonchev–Trinajstić information content (AvgIpc) is 2.22. The quantitative estimate of drug-likeness (QED) is 0.531. The van der Waals surface area contributed by atoms with Crippen LogP contribution in [-0.2, 0) is 0 Å². The van der Waals surface area contributed by atoms with Crippen LogP contribution in [-0.4, -0.2) is 0 Å².